The summed E-state index contributed by atoms with van der Waals surface area (Å²) in [5.41, 5.74) is 0.0535. The molecule has 1 saturated heterocycles. The largest absolute Gasteiger partial charge is 0.481 e. The van der Waals surface area contributed by atoms with Crippen LogP contribution in [0.3, 0.4) is 0 Å². The first kappa shape index (κ1) is 14.5. The third-order valence-electron chi connectivity index (χ3n) is 3.63. The molecule has 17 heavy (non-hydrogen) atoms. The summed E-state index contributed by atoms with van der Waals surface area (Å²) in [6.07, 6.45) is 3.58. The Morgan fingerprint density at radius 3 is 2.76 bits per heavy atom. The zero-order chi connectivity index (χ0) is 12.9. The number of nitrogens with one attached hydrogen (secondary N) is 1. The third kappa shape index (κ3) is 4.28. The molecule has 0 aromatic carbocycles. The maximum absolute atomic E-state index is 11.1. The molecule has 1 atom stereocenters. The van der Waals surface area contributed by atoms with Crippen molar-refractivity contribution in [2.45, 2.75) is 45.6 Å². The fourth-order valence-corrected chi connectivity index (χ4v) is 2.35. The predicted molar refractivity (Wildman–Crippen MR) is 69.2 cm³/mol. The van der Waals surface area contributed by atoms with Gasteiger partial charge in [0.1, 0.15) is 0 Å². The predicted octanol–water partition coefficient (Wildman–Crippen LogP) is 1.56. The molecule has 1 heterocycles. The van der Waals surface area contributed by atoms with Crippen LogP contribution in [0.1, 0.15) is 40.0 Å². The average Bonchev–Trinajstić information content (AvgIpc) is 2.38. The summed E-state index contributed by atoms with van der Waals surface area (Å²) in [6, 6.07) is 0. The Morgan fingerprint density at radius 2 is 2.18 bits per heavy atom. The van der Waals surface area contributed by atoms with Crippen molar-refractivity contribution in [1.29, 1.82) is 0 Å². The minimum absolute atomic E-state index is 0.0535. The van der Waals surface area contributed by atoms with E-state index in [0.29, 0.717) is 13.1 Å². The van der Waals surface area contributed by atoms with E-state index in [1.165, 1.54) is 12.8 Å². The fourth-order valence-electron chi connectivity index (χ4n) is 2.35. The lowest BCUT2D eigenvalue weighted by Crippen LogP contribution is -2.49. The van der Waals surface area contributed by atoms with Crippen LogP contribution in [0.25, 0.3) is 0 Å². The summed E-state index contributed by atoms with van der Waals surface area (Å²) < 4.78 is 0. The maximum Gasteiger partial charge on any atom is 0.309 e. The molecule has 0 aromatic heterocycles. The van der Waals surface area contributed by atoms with Gasteiger partial charge in [0.25, 0.3) is 0 Å². The van der Waals surface area contributed by atoms with Crippen LogP contribution in [0.4, 0.5) is 0 Å². The zero-order valence-corrected chi connectivity index (χ0v) is 11.3. The molecule has 4 nitrogen and oxygen atoms in total. The average molecular weight is 242 g/mol. The Hall–Kier alpha value is -0.610. The Labute approximate surface area is 104 Å². The Morgan fingerprint density at radius 1 is 1.47 bits per heavy atom. The van der Waals surface area contributed by atoms with E-state index >= 15 is 0 Å². The van der Waals surface area contributed by atoms with Gasteiger partial charge in [0, 0.05) is 25.2 Å². The molecule has 0 radical (unpaired) electrons. The number of unbranched alkanes of at least 4 members (excludes halogenated alkanes) is 2. The summed E-state index contributed by atoms with van der Waals surface area (Å²) in [7, 11) is 0. The van der Waals surface area contributed by atoms with Gasteiger partial charge in [-0.2, -0.15) is 0 Å². The van der Waals surface area contributed by atoms with Crippen molar-refractivity contribution < 1.29 is 9.90 Å². The molecule has 1 aliphatic rings. The molecule has 0 aliphatic carbocycles. The van der Waals surface area contributed by atoms with Gasteiger partial charge in [0.2, 0.25) is 0 Å². The number of rotatable bonds is 5. The minimum atomic E-state index is -0.685. The summed E-state index contributed by atoms with van der Waals surface area (Å²) in [5.74, 6) is -0.964. The van der Waals surface area contributed by atoms with Gasteiger partial charge < -0.3 is 10.4 Å². The lowest BCUT2D eigenvalue weighted by atomic mass is 10.0. The highest BCUT2D eigenvalue weighted by Crippen LogP contribution is 2.19. The number of hydrogen-bond donors (Lipinski definition) is 2. The first-order valence-corrected chi connectivity index (χ1v) is 6.66. The highest BCUT2D eigenvalue weighted by atomic mass is 16.4. The second-order valence-corrected chi connectivity index (χ2v) is 5.63. The molecule has 0 bridgehead atoms. The monoisotopic (exact) mass is 242 g/mol. The van der Waals surface area contributed by atoms with E-state index in [1.54, 1.807) is 0 Å². The molecular formula is C13H26N2O2. The SMILES string of the molecule is CCCCCN1CC(C(=O)O)CNCC1(C)C. The van der Waals surface area contributed by atoms with Crippen molar-refractivity contribution in [3.63, 3.8) is 0 Å². The van der Waals surface area contributed by atoms with Gasteiger partial charge in [0.05, 0.1) is 5.92 Å². The van der Waals surface area contributed by atoms with Crippen LogP contribution in [-0.2, 0) is 4.79 Å². The lowest BCUT2D eigenvalue weighted by molar-refractivity contribution is -0.142. The van der Waals surface area contributed by atoms with Gasteiger partial charge in [0.15, 0.2) is 0 Å². The molecule has 4 heteroatoms. The van der Waals surface area contributed by atoms with Crippen LogP contribution in [-0.4, -0.2) is 47.7 Å². The van der Waals surface area contributed by atoms with Gasteiger partial charge in [-0.15, -0.1) is 0 Å². The second kappa shape index (κ2) is 6.36. The van der Waals surface area contributed by atoms with Crippen molar-refractivity contribution in [1.82, 2.24) is 10.2 Å². The van der Waals surface area contributed by atoms with Crippen LogP contribution >= 0.6 is 0 Å². The van der Waals surface area contributed by atoms with Crippen LogP contribution in [0, 0.1) is 5.92 Å². The standard InChI is InChI=1S/C13H26N2O2/c1-4-5-6-7-15-9-11(12(16)17)8-14-10-13(15,2)3/h11,14H,4-10H2,1-3H3,(H,16,17). The Bertz CT molecular complexity index is 254. The summed E-state index contributed by atoms with van der Waals surface area (Å²) in [4.78, 5) is 13.5. The van der Waals surface area contributed by atoms with E-state index < -0.39 is 5.97 Å². The number of hydrogen-bond acceptors (Lipinski definition) is 3. The van der Waals surface area contributed by atoms with Gasteiger partial charge in [-0.1, -0.05) is 19.8 Å². The number of carbonyl (C=O) groups is 1. The van der Waals surface area contributed by atoms with Crippen molar-refractivity contribution in [3.8, 4) is 0 Å². The Kier molecular flexibility index (Phi) is 5.40. The fraction of sp³-hybridized carbons (Fsp3) is 0.923. The van der Waals surface area contributed by atoms with Crippen LogP contribution in [0.2, 0.25) is 0 Å². The third-order valence-corrected chi connectivity index (χ3v) is 3.63. The first-order chi connectivity index (χ1) is 7.97. The van der Waals surface area contributed by atoms with Crippen LogP contribution in [0.15, 0.2) is 0 Å². The Balaban J connectivity index is 2.61. The number of carboxylic acids is 1. The lowest BCUT2D eigenvalue weighted by Gasteiger charge is -2.37. The molecule has 1 fully saturated rings. The molecule has 0 spiro atoms. The van der Waals surface area contributed by atoms with E-state index in [-0.39, 0.29) is 11.5 Å². The van der Waals surface area contributed by atoms with Crippen LogP contribution < -0.4 is 5.32 Å². The molecule has 1 aliphatic heterocycles. The van der Waals surface area contributed by atoms with Crippen molar-refractivity contribution in [2.75, 3.05) is 26.2 Å². The van der Waals surface area contributed by atoms with Gasteiger partial charge in [-0.25, -0.2) is 0 Å². The highest BCUT2D eigenvalue weighted by molar-refractivity contribution is 5.70. The topological polar surface area (TPSA) is 52.6 Å². The molecule has 100 valence electrons. The van der Waals surface area contributed by atoms with E-state index in [9.17, 15) is 4.79 Å². The van der Waals surface area contributed by atoms with Gasteiger partial charge >= 0.3 is 5.97 Å². The van der Waals surface area contributed by atoms with Crippen molar-refractivity contribution >= 4 is 5.97 Å². The molecule has 1 rings (SSSR count). The highest BCUT2D eigenvalue weighted by Gasteiger charge is 2.33. The zero-order valence-electron chi connectivity index (χ0n) is 11.3. The van der Waals surface area contributed by atoms with E-state index in [4.69, 9.17) is 5.11 Å². The summed E-state index contributed by atoms with van der Waals surface area (Å²) in [5, 5.41) is 12.4. The molecule has 0 aromatic rings. The normalized spacial score (nSPS) is 25.5. The van der Waals surface area contributed by atoms with Gasteiger partial charge in [-0.05, 0) is 26.8 Å². The smallest absolute Gasteiger partial charge is 0.309 e. The molecule has 2 N–H and O–H groups in total. The second-order valence-electron chi connectivity index (χ2n) is 5.63. The number of nitrogens with zero attached hydrogens (tertiary/aromatic N) is 1. The van der Waals surface area contributed by atoms with E-state index in [0.717, 1.165) is 19.5 Å². The molecule has 0 amide bonds. The number of carboxylic acid groups (broad SMARTS) is 1. The van der Waals surface area contributed by atoms with E-state index in [2.05, 4.69) is 31.0 Å². The maximum atomic E-state index is 11.1. The van der Waals surface area contributed by atoms with Crippen molar-refractivity contribution in [2.24, 2.45) is 5.92 Å². The van der Waals surface area contributed by atoms with Gasteiger partial charge in [-0.3, -0.25) is 9.69 Å². The van der Waals surface area contributed by atoms with Crippen LogP contribution in [0.5, 0.6) is 0 Å². The number of aliphatic carboxylic acids is 1. The quantitative estimate of drug-likeness (QED) is 0.718. The molecule has 1 unspecified atom stereocenters. The summed E-state index contributed by atoms with van der Waals surface area (Å²) >= 11 is 0. The first-order valence-electron chi connectivity index (χ1n) is 6.66. The molecular weight excluding hydrogens is 216 g/mol. The van der Waals surface area contributed by atoms with E-state index in [1.807, 2.05) is 0 Å². The van der Waals surface area contributed by atoms with Crippen molar-refractivity contribution in [3.05, 3.63) is 0 Å². The summed E-state index contributed by atoms with van der Waals surface area (Å²) in [6.45, 7) is 9.69. The minimum Gasteiger partial charge on any atom is -0.481 e. The molecule has 0 saturated carbocycles.